The van der Waals surface area contributed by atoms with Crippen molar-refractivity contribution in [1.82, 2.24) is 10.3 Å². The Kier molecular flexibility index (Phi) is 5.93. The van der Waals surface area contributed by atoms with Gasteiger partial charge in [0.1, 0.15) is 10.9 Å². The summed E-state index contributed by atoms with van der Waals surface area (Å²) in [6.07, 6.45) is 0.161. The van der Waals surface area contributed by atoms with Crippen molar-refractivity contribution in [3.05, 3.63) is 16.1 Å². The summed E-state index contributed by atoms with van der Waals surface area (Å²) in [5.74, 6) is -0.607. The Labute approximate surface area is 108 Å². The van der Waals surface area contributed by atoms with Gasteiger partial charge in [0.25, 0.3) is 0 Å². The van der Waals surface area contributed by atoms with Crippen molar-refractivity contribution < 1.29 is 14.3 Å². The molecule has 17 heavy (non-hydrogen) atoms. The smallest absolute Gasteiger partial charge is 0.311 e. The quantitative estimate of drug-likeness (QED) is 0.624. The first-order chi connectivity index (χ1) is 8.15. The average Bonchev–Trinajstić information content (AvgIpc) is 2.74. The first-order valence-corrected chi connectivity index (χ1v) is 6.48. The zero-order valence-electron chi connectivity index (χ0n) is 9.36. The molecule has 5 nitrogen and oxygen atoms in total. The predicted molar refractivity (Wildman–Crippen MR) is 65.0 cm³/mol. The summed E-state index contributed by atoms with van der Waals surface area (Å²) in [5, 5.41) is 5.12. The van der Waals surface area contributed by atoms with E-state index in [-0.39, 0.29) is 24.2 Å². The number of aromatic nitrogens is 1. The van der Waals surface area contributed by atoms with Crippen LogP contribution < -0.4 is 5.32 Å². The number of hydrogen-bond acceptors (Lipinski definition) is 5. The van der Waals surface area contributed by atoms with Crippen LogP contribution in [0.3, 0.4) is 0 Å². The fourth-order valence-corrected chi connectivity index (χ4v) is 1.92. The van der Waals surface area contributed by atoms with Crippen molar-refractivity contribution in [3.63, 3.8) is 0 Å². The fourth-order valence-electron chi connectivity index (χ4n) is 1.09. The molecule has 1 aromatic heterocycles. The van der Waals surface area contributed by atoms with Crippen LogP contribution in [0, 0.1) is 0 Å². The summed E-state index contributed by atoms with van der Waals surface area (Å²) >= 11 is 6.72. The lowest BCUT2D eigenvalue weighted by atomic mass is 10.3. The molecule has 0 aliphatic rings. The molecule has 0 bridgehead atoms. The van der Waals surface area contributed by atoms with Crippen LogP contribution in [0.4, 0.5) is 0 Å². The van der Waals surface area contributed by atoms with Gasteiger partial charge in [-0.05, 0) is 6.92 Å². The molecular weight excluding hydrogens is 264 g/mol. The third kappa shape index (κ3) is 5.14. The lowest BCUT2D eigenvalue weighted by Gasteiger charge is -1.99. The molecule has 0 spiro atoms. The van der Waals surface area contributed by atoms with Crippen molar-refractivity contribution in [1.29, 1.82) is 0 Å². The molecule has 0 fully saturated rings. The maximum absolute atomic E-state index is 11.2. The fraction of sp³-hybridized carbons (Fsp3) is 0.500. The molecule has 0 atom stereocenters. The lowest BCUT2D eigenvalue weighted by Crippen LogP contribution is -2.23. The van der Waals surface area contributed by atoms with Gasteiger partial charge in [0.15, 0.2) is 0 Å². The largest absolute Gasteiger partial charge is 0.466 e. The van der Waals surface area contributed by atoms with Gasteiger partial charge in [0, 0.05) is 5.38 Å². The zero-order chi connectivity index (χ0) is 12.7. The van der Waals surface area contributed by atoms with Crippen molar-refractivity contribution >= 4 is 34.8 Å². The highest BCUT2D eigenvalue weighted by Gasteiger charge is 2.08. The van der Waals surface area contributed by atoms with Gasteiger partial charge in [-0.3, -0.25) is 9.59 Å². The number of halogens is 1. The van der Waals surface area contributed by atoms with Crippen LogP contribution in [-0.4, -0.2) is 29.3 Å². The minimum Gasteiger partial charge on any atom is -0.466 e. The summed E-state index contributed by atoms with van der Waals surface area (Å²) < 4.78 is 4.81. The number of nitrogens with one attached hydrogen (secondary N) is 1. The number of hydrogen-bond donors (Lipinski definition) is 1. The van der Waals surface area contributed by atoms with Crippen LogP contribution in [-0.2, 0) is 27.3 Å². The molecule has 1 N–H and O–H groups in total. The van der Waals surface area contributed by atoms with E-state index in [0.29, 0.717) is 18.8 Å². The molecule has 0 aliphatic heterocycles. The van der Waals surface area contributed by atoms with E-state index in [1.54, 1.807) is 12.3 Å². The number of alkyl halides is 1. The maximum atomic E-state index is 11.2. The zero-order valence-corrected chi connectivity index (χ0v) is 10.9. The highest BCUT2D eigenvalue weighted by molar-refractivity contribution is 7.09. The third-order valence-electron chi connectivity index (χ3n) is 1.79. The van der Waals surface area contributed by atoms with Crippen molar-refractivity contribution in [2.45, 2.75) is 19.9 Å². The van der Waals surface area contributed by atoms with E-state index in [9.17, 15) is 9.59 Å². The van der Waals surface area contributed by atoms with Gasteiger partial charge >= 0.3 is 5.97 Å². The topological polar surface area (TPSA) is 68.3 Å². The molecule has 1 amide bonds. The molecule has 0 aliphatic carbocycles. The molecule has 0 unspecified atom stereocenters. The summed E-state index contributed by atoms with van der Waals surface area (Å²) in [5.41, 5.74) is 0.656. The SMILES string of the molecule is CCOC(=O)Cc1csc(CNC(=O)CCl)n1. The molecule has 1 rings (SSSR count). The van der Waals surface area contributed by atoms with Gasteiger partial charge in [-0.15, -0.1) is 22.9 Å². The predicted octanol–water partition coefficient (Wildman–Crippen LogP) is 1.10. The number of amides is 1. The minimum absolute atomic E-state index is 0.0684. The van der Waals surface area contributed by atoms with Gasteiger partial charge < -0.3 is 10.1 Å². The summed E-state index contributed by atoms with van der Waals surface area (Å²) in [6, 6.07) is 0. The van der Waals surface area contributed by atoms with Gasteiger partial charge in [0.05, 0.1) is 25.3 Å². The first kappa shape index (κ1) is 13.9. The van der Waals surface area contributed by atoms with Crippen LogP contribution in [0.1, 0.15) is 17.6 Å². The highest BCUT2D eigenvalue weighted by atomic mass is 35.5. The monoisotopic (exact) mass is 276 g/mol. The van der Waals surface area contributed by atoms with Crippen molar-refractivity contribution in [3.8, 4) is 0 Å². The number of rotatable bonds is 6. The molecule has 0 saturated carbocycles. The molecule has 0 saturated heterocycles. The Balaban J connectivity index is 2.42. The Bertz CT molecular complexity index is 395. The average molecular weight is 277 g/mol. The number of nitrogens with zero attached hydrogens (tertiary/aromatic N) is 1. The van der Waals surface area contributed by atoms with Crippen molar-refractivity contribution in [2.75, 3.05) is 12.5 Å². The van der Waals surface area contributed by atoms with Crippen LogP contribution in [0.2, 0.25) is 0 Å². The summed E-state index contributed by atoms with van der Waals surface area (Å²) in [6.45, 7) is 2.45. The third-order valence-corrected chi connectivity index (χ3v) is 2.93. The number of carbonyl (C=O) groups is 2. The van der Waals surface area contributed by atoms with E-state index in [1.165, 1.54) is 11.3 Å². The van der Waals surface area contributed by atoms with E-state index < -0.39 is 0 Å². The number of thiazole rings is 1. The van der Waals surface area contributed by atoms with Gasteiger partial charge in [-0.1, -0.05) is 0 Å². The Morgan fingerprint density at radius 1 is 1.59 bits per heavy atom. The second kappa shape index (κ2) is 7.24. The Hall–Kier alpha value is -1.14. The normalized spacial score (nSPS) is 10.0. The van der Waals surface area contributed by atoms with Crippen LogP contribution in [0.15, 0.2) is 5.38 Å². The number of ether oxygens (including phenoxy) is 1. The summed E-state index contributed by atoms with van der Waals surface area (Å²) in [4.78, 5) is 26.3. The van der Waals surface area contributed by atoms with Crippen LogP contribution in [0.25, 0.3) is 0 Å². The molecule has 7 heteroatoms. The molecule has 0 radical (unpaired) electrons. The number of esters is 1. The molecule has 0 aromatic carbocycles. The van der Waals surface area contributed by atoms with Crippen LogP contribution in [0.5, 0.6) is 0 Å². The Morgan fingerprint density at radius 3 is 3.00 bits per heavy atom. The highest BCUT2D eigenvalue weighted by Crippen LogP contribution is 2.10. The van der Waals surface area contributed by atoms with Gasteiger partial charge in [-0.25, -0.2) is 4.98 Å². The lowest BCUT2D eigenvalue weighted by molar-refractivity contribution is -0.142. The molecular formula is C10H13ClN2O3S. The van der Waals surface area contributed by atoms with Gasteiger partial charge in [-0.2, -0.15) is 0 Å². The first-order valence-electron chi connectivity index (χ1n) is 5.07. The second-order valence-corrected chi connectivity index (χ2v) is 4.33. The van der Waals surface area contributed by atoms with E-state index in [1.807, 2.05) is 0 Å². The minimum atomic E-state index is -0.297. The molecule has 1 aromatic rings. The van der Waals surface area contributed by atoms with Crippen LogP contribution >= 0.6 is 22.9 Å². The van der Waals surface area contributed by atoms with E-state index in [0.717, 1.165) is 5.01 Å². The second-order valence-electron chi connectivity index (χ2n) is 3.12. The molecule has 94 valence electrons. The molecule has 1 heterocycles. The standard InChI is InChI=1S/C10H13ClN2O3S/c1-2-16-10(15)3-7-6-17-9(13-7)5-12-8(14)4-11/h6H,2-5H2,1H3,(H,12,14). The van der Waals surface area contributed by atoms with E-state index in [4.69, 9.17) is 16.3 Å². The Morgan fingerprint density at radius 2 is 2.35 bits per heavy atom. The van der Waals surface area contributed by atoms with E-state index in [2.05, 4.69) is 10.3 Å². The maximum Gasteiger partial charge on any atom is 0.311 e. The van der Waals surface area contributed by atoms with Gasteiger partial charge in [0.2, 0.25) is 5.91 Å². The van der Waals surface area contributed by atoms with Crippen molar-refractivity contribution in [2.24, 2.45) is 0 Å². The summed E-state index contributed by atoms with van der Waals surface area (Å²) in [7, 11) is 0. The number of carbonyl (C=O) groups excluding carboxylic acids is 2. The van der Waals surface area contributed by atoms with E-state index >= 15 is 0 Å².